The minimum atomic E-state index is -4.92. The van der Waals surface area contributed by atoms with E-state index in [1.54, 1.807) is 0 Å². The monoisotopic (exact) mass is 548 g/mol. The first kappa shape index (κ1) is 34.3. The van der Waals surface area contributed by atoms with E-state index in [1.165, 1.54) is 95.9 Å². The molecule has 0 saturated heterocycles. The third-order valence-corrected chi connectivity index (χ3v) is 6.38. The molecule has 0 saturated carbocycles. The number of carbonyl (C=O) groups excluding carboxylic acids is 1. The van der Waals surface area contributed by atoms with Crippen LogP contribution in [0, 0.1) is 0 Å². The van der Waals surface area contributed by atoms with Gasteiger partial charge in [0.05, 0.1) is 19.4 Å². The SMILES string of the molecule is CCCCCCCCCCCCCCCCOc1ccc(N2C(=O)/C(=C\[O-])N=C2C(F)(F)F)c(OC)c1.[Na+]. The summed E-state index contributed by atoms with van der Waals surface area (Å²) in [5.41, 5.74) is -0.975. The van der Waals surface area contributed by atoms with Crippen LogP contribution in [0.1, 0.15) is 96.8 Å². The van der Waals surface area contributed by atoms with Crippen molar-refractivity contribution in [2.75, 3.05) is 18.6 Å². The van der Waals surface area contributed by atoms with Gasteiger partial charge in [0.1, 0.15) is 17.2 Å². The van der Waals surface area contributed by atoms with E-state index in [0.29, 0.717) is 17.3 Å². The summed E-state index contributed by atoms with van der Waals surface area (Å²) in [6.45, 7) is 2.72. The van der Waals surface area contributed by atoms with Crippen LogP contribution in [-0.4, -0.2) is 31.6 Å². The van der Waals surface area contributed by atoms with Crippen LogP contribution in [0.5, 0.6) is 11.5 Å². The molecule has 0 atom stereocenters. The second-order valence-corrected chi connectivity index (χ2v) is 9.36. The van der Waals surface area contributed by atoms with Gasteiger partial charge in [-0.05, 0) is 18.6 Å². The van der Waals surface area contributed by atoms with Gasteiger partial charge in [0.2, 0.25) is 5.84 Å². The normalized spacial score (nSPS) is 14.6. The van der Waals surface area contributed by atoms with Crippen molar-refractivity contribution in [1.82, 2.24) is 0 Å². The van der Waals surface area contributed by atoms with E-state index in [-0.39, 0.29) is 47.3 Å². The molecule has 2 rings (SSSR count). The number of methoxy groups -OCH3 is 1. The number of benzene rings is 1. The zero-order valence-corrected chi connectivity index (χ0v) is 25.1. The molecule has 0 N–H and O–H groups in total. The Bertz CT molecular complexity index is 907. The number of ether oxygens (including phenoxy) is 2. The van der Waals surface area contributed by atoms with Gasteiger partial charge in [-0.3, -0.25) is 9.69 Å². The van der Waals surface area contributed by atoms with Crippen LogP contribution in [0.15, 0.2) is 35.2 Å². The number of alkyl halides is 3. The average Bonchev–Trinajstić information content (AvgIpc) is 3.22. The number of unbranched alkanes of at least 4 members (excludes halogenated alkanes) is 13. The van der Waals surface area contributed by atoms with Crippen molar-refractivity contribution in [3.8, 4) is 11.5 Å². The first-order valence-corrected chi connectivity index (χ1v) is 13.5. The molecule has 1 aromatic carbocycles. The van der Waals surface area contributed by atoms with E-state index in [9.17, 15) is 23.1 Å². The molecule has 10 heteroatoms. The summed E-state index contributed by atoms with van der Waals surface area (Å²) < 4.78 is 51.2. The van der Waals surface area contributed by atoms with E-state index in [2.05, 4.69) is 11.9 Å². The summed E-state index contributed by atoms with van der Waals surface area (Å²) in [4.78, 5) is 15.8. The number of nitrogens with zero attached hydrogens (tertiary/aromatic N) is 2. The molecule has 1 aromatic rings. The van der Waals surface area contributed by atoms with Crippen molar-refractivity contribution in [3.05, 3.63) is 30.2 Å². The molecule has 1 heterocycles. The third kappa shape index (κ3) is 11.2. The smallest absolute Gasteiger partial charge is 0.876 e. The molecule has 208 valence electrons. The van der Waals surface area contributed by atoms with Crippen molar-refractivity contribution in [3.63, 3.8) is 0 Å². The van der Waals surface area contributed by atoms with Gasteiger partial charge in [-0.1, -0.05) is 90.4 Å². The molecule has 38 heavy (non-hydrogen) atoms. The van der Waals surface area contributed by atoms with Crippen LogP contribution in [0.4, 0.5) is 18.9 Å². The van der Waals surface area contributed by atoms with Crippen molar-refractivity contribution in [2.24, 2.45) is 4.99 Å². The van der Waals surface area contributed by atoms with Crippen LogP contribution in [-0.2, 0) is 4.79 Å². The van der Waals surface area contributed by atoms with Crippen LogP contribution < -0.4 is 49.0 Å². The largest absolute Gasteiger partial charge is 1.00 e. The van der Waals surface area contributed by atoms with E-state index in [1.807, 2.05) is 0 Å². The van der Waals surface area contributed by atoms with Crippen LogP contribution >= 0.6 is 0 Å². The Morgan fingerprint density at radius 2 is 1.45 bits per heavy atom. The Kier molecular flexibility index (Phi) is 16.8. The minimum Gasteiger partial charge on any atom is -0.876 e. The fraction of sp³-hybridized carbons (Fsp3) is 0.643. The van der Waals surface area contributed by atoms with Crippen molar-refractivity contribution in [1.29, 1.82) is 0 Å². The standard InChI is InChI=1S/C28H41F3N2O4.Na/c1-3-4-5-6-7-8-9-10-11-12-13-14-15-16-19-37-22-17-18-24(25(20-22)36-2)33-26(35)23(21-34)32-27(33)28(29,30)31;/h17-18,20-21,34H,3-16,19H2,1-2H3;/q;+1/p-1/b23-21+;. The number of amides is 1. The number of aliphatic imine (C=N–C) groups is 1. The molecular weight excluding hydrogens is 508 g/mol. The Morgan fingerprint density at radius 3 is 1.92 bits per heavy atom. The second-order valence-electron chi connectivity index (χ2n) is 9.36. The molecule has 6 nitrogen and oxygen atoms in total. The molecular formula is C28H40F3N2NaO4. The summed E-state index contributed by atoms with van der Waals surface area (Å²) in [6.07, 6.45) is 12.7. The fourth-order valence-electron chi connectivity index (χ4n) is 4.33. The van der Waals surface area contributed by atoms with Gasteiger partial charge < -0.3 is 14.6 Å². The number of halogens is 3. The van der Waals surface area contributed by atoms with E-state index < -0.39 is 23.6 Å². The van der Waals surface area contributed by atoms with Gasteiger partial charge in [-0.15, -0.1) is 6.26 Å². The van der Waals surface area contributed by atoms with E-state index in [0.717, 1.165) is 19.3 Å². The zero-order valence-electron chi connectivity index (χ0n) is 23.1. The molecule has 1 aliphatic rings. The van der Waals surface area contributed by atoms with Crippen molar-refractivity contribution < 1.29 is 62.1 Å². The fourth-order valence-corrected chi connectivity index (χ4v) is 4.33. The summed E-state index contributed by atoms with van der Waals surface area (Å²) in [5, 5.41) is 11.0. The molecule has 0 bridgehead atoms. The summed E-state index contributed by atoms with van der Waals surface area (Å²) in [7, 11) is 1.28. The summed E-state index contributed by atoms with van der Waals surface area (Å²) >= 11 is 0. The van der Waals surface area contributed by atoms with E-state index in [4.69, 9.17) is 9.47 Å². The molecule has 0 unspecified atom stereocenters. The van der Waals surface area contributed by atoms with Gasteiger partial charge in [0.25, 0.3) is 5.91 Å². The molecule has 1 aliphatic heterocycles. The third-order valence-electron chi connectivity index (χ3n) is 6.38. The molecule has 1 amide bonds. The number of amidine groups is 1. The first-order chi connectivity index (χ1) is 17.8. The van der Waals surface area contributed by atoms with Gasteiger partial charge in [0, 0.05) is 6.07 Å². The number of carbonyl (C=O) groups is 1. The van der Waals surface area contributed by atoms with Gasteiger partial charge in [0.15, 0.2) is 0 Å². The van der Waals surface area contributed by atoms with Crippen molar-refractivity contribution >= 4 is 17.4 Å². The molecule has 0 radical (unpaired) electrons. The van der Waals surface area contributed by atoms with Crippen molar-refractivity contribution in [2.45, 2.75) is 103 Å². The summed E-state index contributed by atoms with van der Waals surface area (Å²) in [6, 6.07) is 4.20. The topological polar surface area (TPSA) is 74.2 Å². The number of hydrogen-bond donors (Lipinski definition) is 0. The molecule has 0 aromatic heterocycles. The van der Waals surface area contributed by atoms with Gasteiger partial charge >= 0.3 is 35.7 Å². The Labute approximate surface area is 247 Å². The van der Waals surface area contributed by atoms with Gasteiger partial charge in [-0.2, -0.15) is 13.2 Å². The molecule has 0 aliphatic carbocycles. The zero-order chi connectivity index (χ0) is 27.1. The van der Waals surface area contributed by atoms with Crippen LogP contribution in [0.25, 0.3) is 0 Å². The summed E-state index contributed by atoms with van der Waals surface area (Å²) in [5.74, 6) is -2.20. The predicted molar refractivity (Wildman–Crippen MR) is 138 cm³/mol. The number of hydrogen-bond acceptors (Lipinski definition) is 5. The predicted octanol–water partition coefficient (Wildman–Crippen LogP) is 4.07. The maximum absolute atomic E-state index is 13.4. The first-order valence-electron chi connectivity index (χ1n) is 13.5. The van der Waals surface area contributed by atoms with E-state index >= 15 is 0 Å². The second kappa shape index (κ2) is 18.6. The van der Waals surface area contributed by atoms with Gasteiger partial charge in [-0.25, -0.2) is 4.99 Å². The Hall–Kier alpha value is -1.71. The van der Waals surface area contributed by atoms with Crippen LogP contribution in [0.2, 0.25) is 0 Å². The molecule has 0 spiro atoms. The quantitative estimate of drug-likeness (QED) is 0.120. The Morgan fingerprint density at radius 1 is 0.921 bits per heavy atom. The number of anilines is 1. The average molecular weight is 549 g/mol. The molecule has 0 fully saturated rings. The maximum atomic E-state index is 13.4. The number of rotatable bonds is 18. The van der Waals surface area contributed by atoms with Crippen LogP contribution in [0.3, 0.4) is 0 Å². The minimum absolute atomic E-state index is 0. The maximum Gasteiger partial charge on any atom is 1.00 e. The Balaban J connectivity index is 0.00000722.